The number of hydrogen-bond acceptors (Lipinski definition) is 10. The highest BCUT2D eigenvalue weighted by molar-refractivity contribution is 7.44. The molecule has 2 heterocycles. The van der Waals surface area contributed by atoms with E-state index in [9.17, 15) is 29.3 Å². The molecule has 162 valence electrons. The van der Waals surface area contributed by atoms with Gasteiger partial charge in [-0.05, 0) is 12.0 Å². The van der Waals surface area contributed by atoms with Crippen molar-refractivity contribution in [3.63, 3.8) is 0 Å². The smallest absolute Gasteiger partial charge is 0.351 e. The van der Waals surface area contributed by atoms with E-state index in [1.807, 2.05) is 0 Å². The van der Waals surface area contributed by atoms with E-state index in [1.165, 1.54) is 29.1 Å². The van der Waals surface area contributed by atoms with Gasteiger partial charge < -0.3 is 39.7 Å². The van der Waals surface area contributed by atoms with Crippen LogP contribution in [0.1, 0.15) is 30.4 Å². The Morgan fingerprint density at radius 1 is 1.38 bits per heavy atom. The number of carbonyl (C=O) groups is 2. The standard InChI is InChI=1S/C16H23N2O10P/c1-8(2)11(17)16(22)28-15(21)9-4-3-5-18(6-9)14-13(20)12(19)10(27-14)7-26-29(23,24)25/h3-6,8,10-14,19-20H,7,17H2,1-2H3,(H-,23,24,25)/t10-,11-,12-,13-,14-/m1/s1. The summed E-state index contributed by atoms with van der Waals surface area (Å²) in [6.07, 6.45) is -2.87. The van der Waals surface area contributed by atoms with Gasteiger partial charge in [-0.25, -0.2) is 9.59 Å². The van der Waals surface area contributed by atoms with Crippen LogP contribution in [0.2, 0.25) is 0 Å². The lowest BCUT2D eigenvalue weighted by Crippen LogP contribution is -2.46. The van der Waals surface area contributed by atoms with Gasteiger partial charge in [0.15, 0.2) is 18.5 Å². The molecule has 1 aromatic rings. The van der Waals surface area contributed by atoms with Gasteiger partial charge in [0.1, 0.15) is 23.8 Å². The number of aromatic nitrogens is 1. The molecule has 1 aromatic heterocycles. The molecule has 12 nitrogen and oxygen atoms in total. The van der Waals surface area contributed by atoms with Gasteiger partial charge in [-0.3, -0.25) is 4.57 Å². The number of hydrogen-bond donors (Lipinski definition) is 4. The van der Waals surface area contributed by atoms with Crippen molar-refractivity contribution < 1.29 is 52.7 Å². The number of nitrogens with zero attached hydrogens (tertiary/aromatic N) is 1. The average Bonchev–Trinajstić information content (AvgIpc) is 2.93. The van der Waals surface area contributed by atoms with Crippen molar-refractivity contribution in [2.75, 3.05) is 6.61 Å². The van der Waals surface area contributed by atoms with Crippen molar-refractivity contribution >= 4 is 19.8 Å². The summed E-state index contributed by atoms with van der Waals surface area (Å²) < 4.78 is 26.2. The molecule has 0 amide bonds. The molecule has 1 aliphatic heterocycles. The number of carbonyl (C=O) groups excluding carboxylic acids is 2. The Morgan fingerprint density at radius 2 is 2.03 bits per heavy atom. The third-order valence-electron chi connectivity index (χ3n) is 4.27. The van der Waals surface area contributed by atoms with Gasteiger partial charge in [-0.15, -0.1) is 0 Å². The summed E-state index contributed by atoms with van der Waals surface area (Å²) in [5.74, 6) is -2.10. The van der Waals surface area contributed by atoms with Crippen LogP contribution in [-0.4, -0.2) is 58.0 Å². The summed E-state index contributed by atoms with van der Waals surface area (Å²) in [4.78, 5) is 43.4. The normalized spacial score (nSPS) is 27.4. The maximum Gasteiger partial charge on any atom is 0.351 e. The Hall–Kier alpha value is -1.76. The zero-order valence-corrected chi connectivity index (χ0v) is 16.5. The number of aliphatic hydroxyl groups excluding tert-OH is 2. The number of phosphoric ester groups is 1. The van der Waals surface area contributed by atoms with E-state index < -0.39 is 56.9 Å². The van der Waals surface area contributed by atoms with Gasteiger partial charge >= 0.3 is 11.9 Å². The third kappa shape index (κ3) is 6.11. The van der Waals surface area contributed by atoms with Crippen LogP contribution in [0.25, 0.3) is 0 Å². The second-order valence-corrected chi connectivity index (χ2v) is 8.02. The monoisotopic (exact) mass is 434 g/mol. The molecule has 2 rings (SSSR count). The number of aliphatic hydroxyl groups is 2. The Kier molecular flexibility index (Phi) is 7.60. The molecule has 0 aromatic carbocycles. The molecule has 0 radical (unpaired) electrons. The summed E-state index contributed by atoms with van der Waals surface area (Å²) in [5.41, 5.74) is 5.58. The summed E-state index contributed by atoms with van der Waals surface area (Å²) in [5, 5.41) is 20.2. The molecule has 1 unspecified atom stereocenters. The van der Waals surface area contributed by atoms with Crippen LogP contribution in [0, 0.1) is 5.92 Å². The molecule has 0 spiro atoms. The molecular formula is C16H23N2O10P. The van der Waals surface area contributed by atoms with Crippen LogP contribution in [0.4, 0.5) is 0 Å². The lowest BCUT2D eigenvalue weighted by atomic mass is 10.1. The van der Waals surface area contributed by atoms with Gasteiger partial charge in [0.25, 0.3) is 14.1 Å². The first-order chi connectivity index (χ1) is 13.4. The topological polar surface area (TPSA) is 193 Å². The van der Waals surface area contributed by atoms with E-state index in [0.717, 1.165) is 0 Å². The molecule has 1 aliphatic rings. The quantitative estimate of drug-likeness (QED) is 0.157. The predicted molar refractivity (Wildman–Crippen MR) is 91.6 cm³/mol. The molecule has 0 bridgehead atoms. The van der Waals surface area contributed by atoms with Crippen LogP contribution >= 0.6 is 7.82 Å². The average molecular weight is 434 g/mol. The molecule has 29 heavy (non-hydrogen) atoms. The van der Waals surface area contributed by atoms with E-state index >= 15 is 0 Å². The first-order valence-corrected chi connectivity index (χ1v) is 10.1. The summed E-state index contributed by atoms with van der Waals surface area (Å²) in [7, 11) is -5.04. The fourth-order valence-electron chi connectivity index (χ4n) is 2.54. The van der Waals surface area contributed by atoms with Crippen LogP contribution < -0.4 is 15.2 Å². The SMILES string of the molecule is CC(C)[C@@H](N)C(=O)OC(=O)c1ccc[n+]([C@@H]2O[C@H](COP(=O)([O-])O)[C@@H](O)[C@H]2O)c1. The number of pyridine rings is 1. The fraction of sp³-hybridized carbons (Fsp3) is 0.562. The van der Waals surface area contributed by atoms with Crippen LogP contribution in [-0.2, 0) is 23.4 Å². The molecule has 1 saturated heterocycles. The number of ether oxygens (including phenoxy) is 2. The van der Waals surface area contributed by atoms with Gasteiger partial charge in [-0.2, -0.15) is 4.57 Å². The minimum Gasteiger partial charge on any atom is -0.756 e. The summed E-state index contributed by atoms with van der Waals surface area (Å²) >= 11 is 0. The van der Waals surface area contributed by atoms with Gasteiger partial charge in [-0.1, -0.05) is 13.8 Å². The highest BCUT2D eigenvalue weighted by atomic mass is 31.2. The lowest BCUT2D eigenvalue weighted by Gasteiger charge is -2.19. The molecule has 6 atom stereocenters. The van der Waals surface area contributed by atoms with Crippen molar-refractivity contribution in [3.8, 4) is 0 Å². The van der Waals surface area contributed by atoms with E-state index in [4.69, 9.17) is 20.1 Å². The van der Waals surface area contributed by atoms with Gasteiger partial charge in [0, 0.05) is 6.07 Å². The second kappa shape index (κ2) is 9.37. The maximum absolute atomic E-state index is 12.2. The fourth-order valence-corrected chi connectivity index (χ4v) is 2.88. The second-order valence-electron chi connectivity index (χ2n) is 6.83. The van der Waals surface area contributed by atoms with E-state index in [0.29, 0.717) is 0 Å². The first-order valence-electron chi connectivity index (χ1n) is 8.63. The summed E-state index contributed by atoms with van der Waals surface area (Å²) in [6, 6.07) is 1.79. The largest absolute Gasteiger partial charge is 0.756 e. The van der Waals surface area contributed by atoms with Crippen LogP contribution in [0.3, 0.4) is 0 Å². The van der Waals surface area contributed by atoms with Crippen LogP contribution in [0.5, 0.6) is 0 Å². The predicted octanol–water partition coefficient (Wildman–Crippen LogP) is -2.26. The Labute approximate surface area is 166 Å². The third-order valence-corrected chi connectivity index (χ3v) is 4.75. The van der Waals surface area contributed by atoms with Crippen molar-refractivity contribution in [1.82, 2.24) is 0 Å². The Balaban J connectivity index is 2.11. The van der Waals surface area contributed by atoms with Crippen molar-refractivity contribution in [1.29, 1.82) is 0 Å². The number of nitrogens with two attached hydrogens (primary N) is 1. The molecule has 13 heteroatoms. The number of phosphoric acid groups is 1. The molecule has 0 saturated carbocycles. The summed E-state index contributed by atoms with van der Waals surface area (Å²) in [6.45, 7) is 2.66. The van der Waals surface area contributed by atoms with Crippen molar-refractivity contribution in [3.05, 3.63) is 30.1 Å². The maximum atomic E-state index is 12.2. The zero-order valence-electron chi connectivity index (χ0n) is 15.7. The van der Waals surface area contributed by atoms with E-state index in [-0.39, 0.29) is 11.5 Å². The van der Waals surface area contributed by atoms with E-state index in [1.54, 1.807) is 13.8 Å². The minimum absolute atomic E-state index is 0.0544. The molecule has 5 N–H and O–H groups in total. The first kappa shape index (κ1) is 23.5. The van der Waals surface area contributed by atoms with Crippen molar-refractivity contribution in [2.24, 2.45) is 11.7 Å². The minimum atomic E-state index is -5.04. The van der Waals surface area contributed by atoms with E-state index in [2.05, 4.69) is 4.52 Å². The zero-order chi connectivity index (χ0) is 21.9. The van der Waals surface area contributed by atoms with Crippen molar-refractivity contribution in [2.45, 2.75) is 44.4 Å². The molecule has 1 fully saturated rings. The number of rotatable bonds is 7. The Bertz CT molecular complexity index is 798. The van der Waals surface area contributed by atoms with Crippen LogP contribution in [0.15, 0.2) is 24.5 Å². The molecular weight excluding hydrogens is 411 g/mol. The Morgan fingerprint density at radius 3 is 2.62 bits per heavy atom. The highest BCUT2D eigenvalue weighted by Crippen LogP contribution is 2.33. The lowest BCUT2D eigenvalue weighted by molar-refractivity contribution is -0.765. The van der Waals surface area contributed by atoms with Gasteiger partial charge in [0.05, 0.1) is 6.61 Å². The molecule has 0 aliphatic carbocycles. The van der Waals surface area contributed by atoms with Gasteiger partial charge in [0.2, 0.25) is 0 Å². The highest BCUT2D eigenvalue weighted by Gasteiger charge is 2.48. The number of esters is 2.